The third kappa shape index (κ3) is 7.29. The van der Waals surface area contributed by atoms with Crippen LogP contribution in [0.4, 0.5) is 4.79 Å². The summed E-state index contributed by atoms with van der Waals surface area (Å²) >= 11 is 0. The highest BCUT2D eigenvalue weighted by molar-refractivity contribution is 5.86. The van der Waals surface area contributed by atoms with Crippen molar-refractivity contribution in [2.75, 3.05) is 13.2 Å². The minimum Gasteiger partial charge on any atom is -0.444 e. The van der Waals surface area contributed by atoms with Crippen LogP contribution in [-0.2, 0) is 16.0 Å². The van der Waals surface area contributed by atoms with E-state index in [0.717, 1.165) is 19.3 Å². The van der Waals surface area contributed by atoms with Gasteiger partial charge in [-0.15, -0.1) is 0 Å². The maximum Gasteiger partial charge on any atom is 0.410 e. The third-order valence-electron chi connectivity index (χ3n) is 5.43. The van der Waals surface area contributed by atoms with E-state index in [4.69, 9.17) is 4.74 Å². The topological polar surface area (TPSA) is 99.1 Å². The molecule has 1 fully saturated rings. The molecular weight excluding hydrogens is 384 g/mol. The molecule has 168 valence electrons. The number of nitrogens with one attached hydrogen (secondary N) is 1. The van der Waals surface area contributed by atoms with Gasteiger partial charge in [0.2, 0.25) is 5.91 Å². The summed E-state index contributed by atoms with van der Waals surface area (Å²) in [6.07, 6.45) is 1.76. The van der Waals surface area contributed by atoms with Gasteiger partial charge >= 0.3 is 6.09 Å². The largest absolute Gasteiger partial charge is 0.444 e. The summed E-state index contributed by atoms with van der Waals surface area (Å²) in [6.45, 7) is 6.95. The lowest BCUT2D eigenvalue weighted by Gasteiger charge is -2.39. The van der Waals surface area contributed by atoms with Gasteiger partial charge in [0, 0.05) is 6.54 Å². The normalized spacial score (nSPS) is 21.6. The highest BCUT2D eigenvalue weighted by atomic mass is 16.6. The fraction of sp³-hybridized carbons (Fsp3) is 0.652. The van der Waals surface area contributed by atoms with Gasteiger partial charge in [0.1, 0.15) is 11.6 Å². The molecule has 2 unspecified atom stereocenters. The van der Waals surface area contributed by atoms with Crippen molar-refractivity contribution < 1.29 is 24.5 Å². The number of benzene rings is 1. The number of aliphatic hydroxyl groups is 2. The first-order valence-electron chi connectivity index (χ1n) is 10.7. The Bertz CT molecular complexity index is 687. The quantitative estimate of drug-likeness (QED) is 0.629. The molecule has 0 aromatic heterocycles. The van der Waals surface area contributed by atoms with Crippen LogP contribution in [0.5, 0.6) is 0 Å². The van der Waals surface area contributed by atoms with Crippen molar-refractivity contribution in [3.05, 3.63) is 35.9 Å². The van der Waals surface area contributed by atoms with Crippen LogP contribution < -0.4 is 5.32 Å². The molecule has 0 spiro atoms. The summed E-state index contributed by atoms with van der Waals surface area (Å²) in [6, 6.07) is 8.74. The molecule has 30 heavy (non-hydrogen) atoms. The van der Waals surface area contributed by atoms with Gasteiger partial charge in [-0.2, -0.15) is 0 Å². The van der Waals surface area contributed by atoms with Gasteiger partial charge in [-0.3, -0.25) is 9.69 Å². The maximum absolute atomic E-state index is 13.0. The van der Waals surface area contributed by atoms with E-state index in [1.165, 1.54) is 17.4 Å². The van der Waals surface area contributed by atoms with E-state index in [0.29, 0.717) is 18.9 Å². The molecule has 3 N–H and O–H groups in total. The van der Waals surface area contributed by atoms with Crippen molar-refractivity contribution in [1.29, 1.82) is 0 Å². The number of carbonyl (C=O) groups is 2. The lowest BCUT2D eigenvalue weighted by molar-refractivity contribution is -0.130. The number of amides is 2. The average molecular weight is 421 g/mol. The van der Waals surface area contributed by atoms with Crippen LogP contribution in [0, 0.1) is 5.92 Å². The Morgan fingerprint density at radius 3 is 2.50 bits per heavy atom. The van der Waals surface area contributed by atoms with Crippen LogP contribution >= 0.6 is 0 Å². The molecule has 2 amide bonds. The number of piperidine rings is 1. The van der Waals surface area contributed by atoms with Crippen LogP contribution in [0.25, 0.3) is 0 Å². The Morgan fingerprint density at radius 1 is 1.27 bits per heavy atom. The Hall–Kier alpha value is -2.12. The molecule has 1 saturated heterocycles. The second kappa shape index (κ2) is 10.8. The van der Waals surface area contributed by atoms with E-state index < -0.39 is 29.9 Å². The summed E-state index contributed by atoms with van der Waals surface area (Å²) in [7, 11) is 0. The predicted molar refractivity (Wildman–Crippen MR) is 115 cm³/mol. The number of ether oxygens (including phenoxy) is 1. The lowest BCUT2D eigenvalue weighted by Crippen LogP contribution is -2.57. The van der Waals surface area contributed by atoms with Crippen LogP contribution in [0.15, 0.2) is 30.3 Å². The molecule has 7 heteroatoms. The fourth-order valence-electron chi connectivity index (χ4n) is 3.70. The van der Waals surface area contributed by atoms with Crippen molar-refractivity contribution in [2.45, 2.75) is 77.2 Å². The summed E-state index contributed by atoms with van der Waals surface area (Å²) in [5.74, 6) is -0.0796. The second-order valence-electron chi connectivity index (χ2n) is 9.14. The zero-order valence-electron chi connectivity index (χ0n) is 18.5. The van der Waals surface area contributed by atoms with Gasteiger partial charge < -0.3 is 20.3 Å². The first-order valence-corrected chi connectivity index (χ1v) is 10.7. The van der Waals surface area contributed by atoms with E-state index in [1.807, 2.05) is 18.2 Å². The van der Waals surface area contributed by atoms with Gasteiger partial charge in [-0.1, -0.05) is 30.3 Å². The standard InChI is InChI=1S/C23H36N2O5/c1-16(27)19(15-26)24-21(28)20-14-18(11-10-17-8-6-5-7-9-17)12-13-25(20)22(29)30-23(2,3)4/h5-9,16,18-20,26-27H,10-15H2,1-4H3,(H,24,28)/t16-,18?,19-,20?/m0/s1. The molecule has 0 aliphatic carbocycles. The van der Waals surface area contributed by atoms with E-state index in [2.05, 4.69) is 17.4 Å². The van der Waals surface area contributed by atoms with Crippen LogP contribution in [0.3, 0.4) is 0 Å². The van der Waals surface area contributed by atoms with E-state index >= 15 is 0 Å². The Morgan fingerprint density at radius 2 is 1.93 bits per heavy atom. The summed E-state index contributed by atoms with van der Waals surface area (Å²) < 4.78 is 5.51. The van der Waals surface area contributed by atoms with Crippen molar-refractivity contribution in [3.8, 4) is 0 Å². The Balaban J connectivity index is 2.10. The molecule has 1 heterocycles. The number of likely N-dealkylation sites (tertiary alicyclic amines) is 1. The van der Waals surface area contributed by atoms with Gasteiger partial charge in [-0.05, 0) is 64.9 Å². The SMILES string of the molecule is C[C@H](O)[C@H](CO)NC(=O)C1CC(CCc2ccccc2)CCN1C(=O)OC(C)(C)C. The van der Waals surface area contributed by atoms with Crippen LogP contribution in [0.1, 0.15) is 52.5 Å². The Kier molecular flexibility index (Phi) is 8.67. The second-order valence-corrected chi connectivity index (χ2v) is 9.14. The van der Waals surface area contributed by atoms with Crippen molar-refractivity contribution in [2.24, 2.45) is 5.92 Å². The number of hydrogen-bond acceptors (Lipinski definition) is 5. The molecule has 1 aliphatic rings. The summed E-state index contributed by atoms with van der Waals surface area (Å²) in [5.41, 5.74) is 0.595. The monoisotopic (exact) mass is 420 g/mol. The van der Waals surface area contributed by atoms with E-state index in [-0.39, 0.29) is 12.5 Å². The minimum absolute atomic E-state index is 0.291. The number of carbonyl (C=O) groups excluding carboxylic acids is 2. The van der Waals surface area contributed by atoms with Gasteiger partial charge in [-0.25, -0.2) is 4.79 Å². The van der Waals surface area contributed by atoms with Crippen molar-refractivity contribution in [1.82, 2.24) is 10.2 Å². The molecule has 0 saturated carbocycles. The molecule has 4 atom stereocenters. The van der Waals surface area contributed by atoms with Crippen LogP contribution in [0.2, 0.25) is 0 Å². The highest BCUT2D eigenvalue weighted by Gasteiger charge is 2.39. The minimum atomic E-state index is -0.897. The number of hydrogen-bond donors (Lipinski definition) is 3. The first-order chi connectivity index (χ1) is 14.1. The third-order valence-corrected chi connectivity index (χ3v) is 5.43. The number of rotatable bonds is 7. The maximum atomic E-state index is 13.0. The van der Waals surface area contributed by atoms with Gasteiger partial charge in [0.15, 0.2) is 0 Å². The smallest absolute Gasteiger partial charge is 0.410 e. The molecular formula is C23H36N2O5. The van der Waals surface area contributed by atoms with Gasteiger partial charge in [0.05, 0.1) is 18.8 Å². The fourth-order valence-corrected chi connectivity index (χ4v) is 3.70. The first kappa shape index (κ1) is 24.2. The van der Waals surface area contributed by atoms with Crippen molar-refractivity contribution in [3.63, 3.8) is 0 Å². The molecule has 1 aromatic rings. The molecule has 0 radical (unpaired) electrons. The summed E-state index contributed by atoms with van der Waals surface area (Å²) in [5, 5.41) is 21.9. The van der Waals surface area contributed by atoms with E-state index in [9.17, 15) is 19.8 Å². The van der Waals surface area contributed by atoms with Gasteiger partial charge in [0.25, 0.3) is 0 Å². The average Bonchev–Trinajstić information content (AvgIpc) is 2.69. The van der Waals surface area contributed by atoms with E-state index in [1.54, 1.807) is 20.8 Å². The predicted octanol–water partition coefficient (Wildman–Crippen LogP) is 2.49. The molecule has 1 aliphatic heterocycles. The lowest BCUT2D eigenvalue weighted by atomic mass is 9.86. The molecule has 0 bridgehead atoms. The summed E-state index contributed by atoms with van der Waals surface area (Å²) in [4.78, 5) is 27.2. The number of nitrogens with zero attached hydrogens (tertiary/aromatic N) is 1. The number of aryl methyl sites for hydroxylation is 1. The van der Waals surface area contributed by atoms with Crippen molar-refractivity contribution >= 4 is 12.0 Å². The highest BCUT2D eigenvalue weighted by Crippen LogP contribution is 2.28. The Labute approximate surface area is 179 Å². The molecule has 2 rings (SSSR count). The van der Waals surface area contributed by atoms with Crippen LogP contribution in [-0.4, -0.2) is 64.1 Å². The molecule has 7 nitrogen and oxygen atoms in total. The zero-order chi connectivity index (χ0) is 22.3. The zero-order valence-corrected chi connectivity index (χ0v) is 18.5. The molecule has 1 aromatic carbocycles. The number of aliphatic hydroxyl groups excluding tert-OH is 2.